The molecule has 4 saturated heterocycles. The first kappa shape index (κ1) is 13.6. The van der Waals surface area contributed by atoms with Crippen LogP contribution < -0.4 is 5.32 Å². The Morgan fingerprint density at radius 3 is 2.57 bits per heavy atom. The highest BCUT2D eigenvalue weighted by Gasteiger charge is 2.36. The third-order valence-electron chi connectivity index (χ3n) is 5.09. The summed E-state index contributed by atoms with van der Waals surface area (Å²) in [6.07, 6.45) is 0. The summed E-state index contributed by atoms with van der Waals surface area (Å²) in [5, 5.41) is 7.65. The number of hydrogen-bond acceptors (Lipinski definition) is 7. The Labute approximate surface area is 125 Å². The molecule has 0 aromatic carbocycles. The highest BCUT2D eigenvalue weighted by molar-refractivity contribution is 5.03. The van der Waals surface area contributed by atoms with Crippen LogP contribution in [-0.4, -0.2) is 83.7 Å². The van der Waals surface area contributed by atoms with Gasteiger partial charge in [0, 0.05) is 58.9 Å². The number of fused-ring (bicyclic) bond motifs is 3. The molecule has 0 radical (unpaired) electrons. The molecule has 0 saturated carbocycles. The summed E-state index contributed by atoms with van der Waals surface area (Å²) in [6, 6.07) is 0.532. The summed E-state index contributed by atoms with van der Waals surface area (Å²) in [6.45, 7) is 12.0. The maximum absolute atomic E-state index is 5.57. The zero-order valence-electron chi connectivity index (χ0n) is 12.7. The number of nitrogens with one attached hydrogen (secondary N) is 1. The van der Waals surface area contributed by atoms with Gasteiger partial charge in [-0.15, -0.1) is 0 Å². The van der Waals surface area contributed by atoms with Crippen molar-refractivity contribution >= 4 is 0 Å². The van der Waals surface area contributed by atoms with E-state index in [2.05, 4.69) is 32.1 Å². The summed E-state index contributed by atoms with van der Waals surface area (Å²) in [5.74, 6) is 1.64. The Morgan fingerprint density at radius 2 is 1.90 bits per heavy atom. The summed E-state index contributed by atoms with van der Waals surface area (Å²) < 4.78 is 5.57. The molecule has 0 aliphatic carbocycles. The number of rotatable bonds is 3. The van der Waals surface area contributed by atoms with Gasteiger partial charge in [0.05, 0.1) is 12.1 Å². The van der Waals surface area contributed by atoms with Gasteiger partial charge in [-0.25, -0.2) is 0 Å². The zero-order valence-corrected chi connectivity index (χ0v) is 12.7. The van der Waals surface area contributed by atoms with E-state index in [4.69, 9.17) is 9.51 Å². The van der Waals surface area contributed by atoms with Gasteiger partial charge >= 0.3 is 0 Å². The Morgan fingerprint density at radius 1 is 1.14 bits per heavy atom. The van der Waals surface area contributed by atoms with Gasteiger partial charge in [0.15, 0.2) is 5.82 Å². The highest BCUT2D eigenvalue weighted by Crippen LogP contribution is 2.28. The van der Waals surface area contributed by atoms with E-state index in [0.29, 0.717) is 6.04 Å². The molecule has 0 spiro atoms. The van der Waals surface area contributed by atoms with Crippen LogP contribution >= 0.6 is 0 Å². The largest absolute Gasteiger partial charge is 0.338 e. The molecule has 1 aromatic heterocycles. The molecule has 7 nitrogen and oxygen atoms in total. The van der Waals surface area contributed by atoms with E-state index in [9.17, 15) is 0 Å². The first-order chi connectivity index (χ1) is 10.3. The van der Waals surface area contributed by atoms with Crippen LogP contribution in [-0.2, 0) is 0 Å². The van der Waals surface area contributed by atoms with Gasteiger partial charge in [0.25, 0.3) is 0 Å². The molecule has 5 heterocycles. The van der Waals surface area contributed by atoms with Crippen LogP contribution in [0.1, 0.15) is 30.7 Å². The molecular formula is C14H24N6O. The average Bonchev–Trinajstić information content (AvgIpc) is 3.06. The lowest BCUT2D eigenvalue weighted by Crippen LogP contribution is -2.57. The zero-order chi connectivity index (χ0) is 14.2. The average molecular weight is 292 g/mol. The quantitative estimate of drug-likeness (QED) is 0.821. The second-order valence-electron chi connectivity index (χ2n) is 6.31. The predicted molar refractivity (Wildman–Crippen MR) is 77.9 cm³/mol. The Kier molecular flexibility index (Phi) is 3.66. The molecule has 4 aliphatic heterocycles. The first-order valence-electron chi connectivity index (χ1n) is 8.06. The van der Waals surface area contributed by atoms with Gasteiger partial charge in [0.1, 0.15) is 0 Å². The van der Waals surface area contributed by atoms with E-state index in [0.717, 1.165) is 57.5 Å². The lowest BCUT2D eigenvalue weighted by Gasteiger charge is -2.46. The fraction of sp³-hybridized carbons (Fsp3) is 0.857. The van der Waals surface area contributed by atoms with Crippen molar-refractivity contribution in [3.8, 4) is 0 Å². The van der Waals surface area contributed by atoms with Crippen LogP contribution in [0.2, 0.25) is 0 Å². The second kappa shape index (κ2) is 5.64. The van der Waals surface area contributed by atoms with Crippen molar-refractivity contribution in [3.63, 3.8) is 0 Å². The molecule has 116 valence electrons. The lowest BCUT2D eigenvalue weighted by atomic mass is 10.1. The van der Waals surface area contributed by atoms with Crippen LogP contribution in [0.25, 0.3) is 0 Å². The molecular weight excluding hydrogens is 268 g/mol. The summed E-state index contributed by atoms with van der Waals surface area (Å²) in [4.78, 5) is 12.1. The van der Waals surface area contributed by atoms with Crippen molar-refractivity contribution in [3.05, 3.63) is 11.7 Å². The SMILES string of the molecule is CC(c1nc(C2CN3CCN2CC3)no1)N1CCNCC1. The van der Waals surface area contributed by atoms with E-state index in [1.54, 1.807) is 0 Å². The number of aromatic nitrogens is 2. The van der Waals surface area contributed by atoms with Crippen LogP contribution in [0.4, 0.5) is 0 Å². The fourth-order valence-corrected chi connectivity index (χ4v) is 3.64. The van der Waals surface area contributed by atoms with Gasteiger partial charge in [-0.05, 0) is 6.92 Å². The lowest BCUT2D eigenvalue weighted by molar-refractivity contribution is 0.00780. The van der Waals surface area contributed by atoms with Gasteiger partial charge in [-0.2, -0.15) is 4.98 Å². The van der Waals surface area contributed by atoms with Crippen LogP contribution in [0.5, 0.6) is 0 Å². The fourth-order valence-electron chi connectivity index (χ4n) is 3.64. The number of piperazine rings is 4. The minimum Gasteiger partial charge on any atom is -0.338 e. The standard InChI is InChI=1S/C14H24N6O/c1-11(19-4-2-15-3-5-19)14-16-13(17-21-14)12-10-18-6-8-20(12)9-7-18/h11-12,15H,2-10H2,1H3. The van der Waals surface area contributed by atoms with Crippen molar-refractivity contribution < 1.29 is 4.52 Å². The van der Waals surface area contributed by atoms with Gasteiger partial charge in [-0.1, -0.05) is 5.16 Å². The van der Waals surface area contributed by atoms with Crippen molar-refractivity contribution in [2.75, 3.05) is 58.9 Å². The maximum Gasteiger partial charge on any atom is 0.243 e. The third kappa shape index (κ3) is 2.59. The van der Waals surface area contributed by atoms with Gasteiger partial charge in [-0.3, -0.25) is 14.7 Å². The molecule has 7 heteroatoms. The molecule has 4 fully saturated rings. The topological polar surface area (TPSA) is 60.7 Å². The van der Waals surface area contributed by atoms with Crippen molar-refractivity contribution in [2.24, 2.45) is 0 Å². The van der Waals surface area contributed by atoms with Crippen LogP contribution in [0.15, 0.2) is 4.52 Å². The molecule has 4 aliphatic rings. The molecule has 1 N–H and O–H groups in total. The van der Waals surface area contributed by atoms with E-state index in [-0.39, 0.29) is 6.04 Å². The molecule has 2 atom stereocenters. The van der Waals surface area contributed by atoms with Crippen molar-refractivity contribution in [2.45, 2.75) is 19.0 Å². The normalized spacial score (nSPS) is 35.0. The molecule has 0 amide bonds. The van der Waals surface area contributed by atoms with E-state index in [1.807, 2.05) is 0 Å². The third-order valence-corrected chi connectivity index (χ3v) is 5.09. The monoisotopic (exact) mass is 292 g/mol. The maximum atomic E-state index is 5.57. The first-order valence-corrected chi connectivity index (χ1v) is 8.06. The summed E-state index contributed by atoms with van der Waals surface area (Å²) in [7, 11) is 0. The minimum absolute atomic E-state index is 0.212. The molecule has 5 rings (SSSR count). The molecule has 2 bridgehead atoms. The Balaban J connectivity index is 1.47. The van der Waals surface area contributed by atoms with Crippen LogP contribution in [0, 0.1) is 0 Å². The number of nitrogens with zero attached hydrogens (tertiary/aromatic N) is 5. The van der Waals surface area contributed by atoms with E-state index < -0.39 is 0 Å². The second-order valence-corrected chi connectivity index (χ2v) is 6.31. The van der Waals surface area contributed by atoms with Crippen molar-refractivity contribution in [1.29, 1.82) is 0 Å². The smallest absolute Gasteiger partial charge is 0.243 e. The van der Waals surface area contributed by atoms with E-state index in [1.165, 1.54) is 13.1 Å². The minimum atomic E-state index is 0.212. The van der Waals surface area contributed by atoms with E-state index >= 15 is 0 Å². The summed E-state index contributed by atoms with van der Waals surface area (Å²) in [5.41, 5.74) is 0. The molecule has 21 heavy (non-hydrogen) atoms. The van der Waals surface area contributed by atoms with Crippen LogP contribution in [0.3, 0.4) is 0 Å². The van der Waals surface area contributed by atoms with Crippen molar-refractivity contribution in [1.82, 2.24) is 30.2 Å². The number of hydrogen-bond donors (Lipinski definition) is 1. The molecule has 2 unspecified atom stereocenters. The highest BCUT2D eigenvalue weighted by atomic mass is 16.5. The summed E-state index contributed by atoms with van der Waals surface area (Å²) >= 11 is 0. The molecule has 1 aromatic rings. The Hall–Kier alpha value is -1.02. The van der Waals surface area contributed by atoms with Gasteiger partial charge < -0.3 is 9.84 Å². The predicted octanol–water partition coefficient (Wildman–Crippen LogP) is -0.292. The van der Waals surface area contributed by atoms with Gasteiger partial charge in [0.2, 0.25) is 5.89 Å². The Bertz CT molecular complexity index is 478.